The number of para-hydroxylation sites is 1. The van der Waals surface area contributed by atoms with Crippen molar-refractivity contribution in [3.8, 4) is 11.5 Å². The SMILES string of the molecule is CC1(C)OC(c2ccc(OCC3CC3)cc2)=C(c2ccc(OCc3ccc4ccccc4n3)cc2)C1=O. The van der Waals surface area contributed by atoms with E-state index in [1.165, 1.54) is 12.8 Å². The minimum absolute atomic E-state index is 0.0365. The summed E-state index contributed by atoms with van der Waals surface area (Å²) in [6.07, 6.45) is 2.51. The van der Waals surface area contributed by atoms with E-state index in [1.54, 1.807) is 0 Å². The predicted molar refractivity (Wildman–Crippen MR) is 144 cm³/mol. The van der Waals surface area contributed by atoms with E-state index in [9.17, 15) is 4.79 Å². The molecule has 0 atom stereocenters. The van der Waals surface area contributed by atoms with E-state index in [-0.39, 0.29) is 5.78 Å². The average Bonchev–Trinajstić information content (AvgIpc) is 3.72. The van der Waals surface area contributed by atoms with Crippen LogP contribution in [0.5, 0.6) is 11.5 Å². The number of ether oxygens (including phenoxy) is 3. The number of aromatic nitrogens is 1. The summed E-state index contributed by atoms with van der Waals surface area (Å²) in [7, 11) is 0. The summed E-state index contributed by atoms with van der Waals surface area (Å²) in [5, 5.41) is 1.10. The third kappa shape index (κ3) is 4.94. The molecule has 1 aromatic heterocycles. The number of benzene rings is 3. The second-order valence-corrected chi connectivity index (χ2v) is 10.2. The molecule has 0 bridgehead atoms. The van der Waals surface area contributed by atoms with Gasteiger partial charge in [-0.2, -0.15) is 0 Å². The van der Waals surface area contributed by atoms with Crippen LogP contribution in [0.1, 0.15) is 43.5 Å². The molecule has 1 aliphatic heterocycles. The van der Waals surface area contributed by atoms with Crippen LogP contribution in [-0.2, 0) is 16.1 Å². The first-order valence-corrected chi connectivity index (χ1v) is 12.8. The first kappa shape index (κ1) is 23.3. The zero-order valence-corrected chi connectivity index (χ0v) is 21.1. The van der Waals surface area contributed by atoms with Crippen molar-refractivity contribution in [3.63, 3.8) is 0 Å². The molecule has 2 aliphatic rings. The summed E-state index contributed by atoms with van der Waals surface area (Å²) >= 11 is 0. The lowest BCUT2D eigenvalue weighted by atomic mass is 9.92. The molecule has 0 amide bonds. The third-order valence-corrected chi connectivity index (χ3v) is 6.84. The second kappa shape index (κ2) is 9.40. The van der Waals surface area contributed by atoms with Crippen LogP contribution in [0.25, 0.3) is 22.2 Å². The van der Waals surface area contributed by atoms with Gasteiger partial charge in [0.05, 0.1) is 23.4 Å². The van der Waals surface area contributed by atoms with E-state index >= 15 is 0 Å². The van der Waals surface area contributed by atoms with Crippen LogP contribution < -0.4 is 9.47 Å². The minimum atomic E-state index is -0.928. The number of rotatable bonds is 8. The molecular weight excluding hydrogens is 462 g/mol. The smallest absolute Gasteiger partial charge is 0.210 e. The summed E-state index contributed by atoms with van der Waals surface area (Å²) in [4.78, 5) is 18.0. The van der Waals surface area contributed by atoms with E-state index in [4.69, 9.17) is 14.2 Å². The van der Waals surface area contributed by atoms with E-state index in [0.29, 0.717) is 29.6 Å². The monoisotopic (exact) mass is 491 g/mol. The molecular formula is C32H29NO4. The molecule has 0 spiro atoms. The number of nitrogens with zero attached hydrogens (tertiary/aromatic N) is 1. The predicted octanol–water partition coefficient (Wildman–Crippen LogP) is 6.85. The lowest BCUT2D eigenvalue weighted by Gasteiger charge is -2.18. The van der Waals surface area contributed by atoms with Crippen LogP contribution in [-0.4, -0.2) is 23.0 Å². The standard InChI is InChI=1S/C32H29NO4/c1-32(2)31(34)29(30(37-32)24-12-17-26(18-13-24)35-19-21-7-8-21)23-10-15-27(16-11-23)36-20-25-14-9-22-5-3-4-6-28(22)33-25/h3-6,9-18,21H,7-8,19-20H2,1-2H3. The number of hydrogen-bond donors (Lipinski definition) is 0. The van der Waals surface area contributed by atoms with Crippen molar-refractivity contribution in [2.75, 3.05) is 6.61 Å². The maximum Gasteiger partial charge on any atom is 0.210 e. The molecule has 0 unspecified atom stereocenters. The lowest BCUT2D eigenvalue weighted by Crippen LogP contribution is -2.29. The Labute approximate surface area is 216 Å². The van der Waals surface area contributed by atoms with Crippen LogP contribution in [0.3, 0.4) is 0 Å². The molecule has 0 radical (unpaired) electrons. The molecule has 6 rings (SSSR count). The molecule has 3 aromatic carbocycles. The number of pyridine rings is 1. The Morgan fingerprint density at radius 1 is 0.838 bits per heavy atom. The van der Waals surface area contributed by atoms with E-state index in [1.807, 2.05) is 92.7 Å². The van der Waals surface area contributed by atoms with E-state index < -0.39 is 5.60 Å². The quantitative estimate of drug-likeness (QED) is 0.270. The fourth-order valence-corrected chi connectivity index (χ4v) is 4.49. The summed E-state index contributed by atoms with van der Waals surface area (Å²) < 4.78 is 18.0. The highest BCUT2D eigenvalue weighted by molar-refractivity contribution is 6.32. The average molecular weight is 492 g/mol. The first-order chi connectivity index (χ1) is 18.0. The molecule has 0 saturated heterocycles. The fraction of sp³-hybridized carbons (Fsp3) is 0.250. The molecule has 0 N–H and O–H groups in total. The maximum absolute atomic E-state index is 13.3. The van der Waals surface area contributed by atoms with Gasteiger partial charge in [0.2, 0.25) is 5.78 Å². The number of fused-ring (bicyclic) bond motifs is 1. The van der Waals surface area contributed by atoms with Crippen molar-refractivity contribution >= 4 is 28.0 Å². The first-order valence-electron chi connectivity index (χ1n) is 12.8. The Bertz CT molecular complexity index is 1480. The lowest BCUT2D eigenvalue weighted by molar-refractivity contribution is -0.125. The zero-order valence-electron chi connectivity index (χ0n) is 21.1. The minimum Gasteiger partial charge on any atom is -0.493 e. The Hall–Kier alpha value is -4.12. The van der Waals surface area contributed by atoms with Gasteiger partial charge in [0.1, 0.15) is 23.9 Å². The number of Topliss-reactive ketones (excluding diaryl/α,β-unsaturated/α-hetero) is 1. The zero-order chi connectivity index (χ0) is 25.4. The summed E-state index contributed by atoms with van der Waals surface area (Å²) in [6, 6.07) is 27.4. The van der Waals surface area contributed by atoms with Crippen molar-refractivity contribution in [2.45, 2.75) is 38.9 Å². The Balaban J connectivity index is 1.21. The number of ketones is 1. The van der Waals surface area contributed by atoms with Gasteiger partial charge in [-0.05, 0) is 86.7 Å². The molecule has 2 heterocycles. The summed E-state index contributed by atoms with van der Waals surface area (Å²) in [6.45, 7) is 4.75. The van der Waals surface area contributed by atoms with Gasteiger partial charge in [-0.25, -0.2) is 4.98 Å². The summed E-state index contributed by atoms with van der Waals surface area (Å²) in [5.41, 5.74) is 3.12. The Morgan fingerprint density at radius 2 is 1.51 bits per heavy atom. The van der Waals surface area contributed by atoms with Gasteiger partial charge in [0.15, 0.2) is 5.60 Å². The summed E-state index contributed by atoms with van der Waals surface area (Å²) in [5.74, 6) is 2.80. The van der Waals surface area contributed by atoms with Gasteiger partial charge in [-0.1, -0.05) is 36.4 Å². The van der Waals surface area contributed by atoms with Crippen molar-refractivity contribution in [1.29, 1.82) is 0 Å². The molecule has 37 heavy (non-hydrogen) atoms. The third-order valence-electron chi connectivity index (χ3n) is 6.84. The van der Waals surface area contributed by atoms with Crippen LogP contribution in [0.4, 0.5) is 0 Å². The van der Waals surface area contributed by atoms with Gasteiger partial charge in [0.25, 0.3) is 0 Å². The molecule has 1 saturated carbocycles. The number of carbonyl (C=O) groups excluding carboxylic acids is 1. The van der Waals surface area contributed by atoms with E-state index in [2.05, 4.69) is 11.1 Å². The highest BCUT2D eigenvalue weighted by Crippen LogP contribution is 2.42. The molecule has 5 heteroatoms. The van der Waals surface area contributed by atoms with Crippen LogP contribution in [0.15, 0.2) is 84.9 Å². The molecule has 1 fully saturated rings. The Morgan fingerprint density at radius 3 is 2.24 bits per heavy atom. The van der Waals surface area contributed by atoms with Crippen molar-refractivity contribution in [1.82, 2.24) is 4.98 Å². The van der Waals surface area contributed by atoms with Crippen molar-refractivity contribution in [2.24, 2.45) is 5.92 Å². The van der Waals surface area contributed by atoms with Gasteiger partial charge in [0, 0.05) is 10.9 Å². The Kier molecular flexibility index (Phi) is 5.91. The van der Waals surface area contributed by atoms with Gasteiger partial charge in [-0.15, -0.1) is 0 Å². The topological polar surface area (TPSA) is 57.6 Å². The molecule has 5 nitrogen and oxygen atoms in total. The van der Waals surface area contributed by atoms with E-state index in [0.717, 1.165) is 40.1 Å². The van der Waals surface area contributed by atoms with Gasteiger partial charge >= 0.3 is 0 Å². The normalized spacial score (nSPS) is 16.6. The number of hydrogen-bond acceptors (Lipinski definition) is 5. The maximum atomic E-state index is 13.3. The van der Waals surface area contributed by atoms with Crippen LogP contribution in [0, 0.1) is 5.92 Å². The fourth-order valence-electron chi connectivity index (χ4n) is 4.49. The second-order valence-electron chi connectivity index (χ2n) is 10.2. The van der Waals surface area contributed by atoms with Crippen LogP contribution in [0.2, 0.25) is 0 Å². The largest absolute Gasteiger partial charge is 0.493 e. The highest BCUT2D eigenvalue weighted by atomic mass is 16.5. The highest BCUT2D eigenvalue weighted by Gasteiger charge is 2.42. The van der Waals surface area contributed by atoms with Crippen LogP contribution >= 0.6 is 0 Å². The molecule has 1 aliphatic carbocycles. The molecule has 4 aromatic rings. The molecule has 186 valence electrons. The van der Waals surface area contributed by atoms with Gasteiger partial charge in [-0.3, -0.25) is 4.79 Å². The van der Waals surface area contributed by atoms with Crippen molar-refractivity contribution < 1.29 is 19.0 Å². The van der Waals surface area contributed by atoms with Crippen molar-refractivity contribution in [3.05, 3.63) is 102 Å². The number of carbonyl (C=O) groups is 1. The van der Waals surface area contributed by atoms with Gasteiger partial charge < -0.3 is 14.2 Å².